The molecule has 2 aromatic rings. The van der Waals surface area contributed by atoms with Gasteiger partial charge in [0.15, 0.2) is 5.78 Å². The summed E-state index contributed by atoms with van der Waals surface area (Å²) in [6, 6.07) is 9.77. The Morgan fingerprint density at radius 1 is 0.862 bits per heavy atom. The van der Waals surface area contributed by atoms with Crippen LogP contribution in [0.3, 0.4) is 0 Å². The number of nitro groups is 2. The predicted octanol–water partition coefficient (Wildman–Crippen LogP) is 2.67. The number of amides is 1. The number of Topliss-reactive ketones (excluding diaryl/α,β-unsaturated/α-hetero) is 1. The van der Waals surface area contributed by atoms with Crippen LogP contribution in [0.2, 0.25) is 0 Å². The molecule has 0 atom stereocenters. The molecule has 1 saturated heterocycles. The Labute approximate surface area is 165 Å². The van der Waals surface area contributed by atoms with Gasteiger partial charge in [-0.2, -0.15) is 0 Å². The van der Waals surface area contributed by atoms with E-state index in [0.717, 1.165) is 0 Å². The first-order valence-electron chi connectivity index (χ1n) is 8.86. The van der Waals surface area contributed by atoms with Crippen molar-refractivity contribution in [2.24, 2.45) is 0 Å². The zero-order chi connectivity index (χ0) is 21.1. The van der Waals surface area contributed by atoms with Crippen LogP contribution in [0.25, 0.3) is 0 Å². The lowest BCUT2D eigenvalue weighted by Crippen LogP contribution is -2.49. The lowest BCUT2D eigenvalue weighted by Gasteiger charge is -2.35. The van der Waals surface area contributed by atoms with E-state index in [1.165, 1.54) is 37.3 Å². The highest BCUT2D eigenvalue weighted by atomic mass is 16.6. The van der Waals surface area contributed by atoms with Crippen molar-refractivity contribution < 1.29 is 19.4 Å². The van der Waals surface area contributed by atoms with E-state index in [1.54, 1.807) is 17.0 Å². The number of hydrogen-bond acceptors (Lipinski definition) is 7. The van der Waals surface area contributed by atoms with E-state index in [0.29, 0.717) is 37.4 Å². The third-order valence-corrected chi connectivity index (χ3v) is 4.81. The average Bonchev–Trinajstić information content (AvgIpc) is 2.73. The van der Waals surface area contributed by atoms with Crippen LogP contribution in [0.4, 0.5) is 17.1 Å². The van der Waals surface area contributed by atoms with Gasteiger partial charge in [-0.25, -0.2) is 0 Å². The van der Waals surface area contributed by atoms with Crippen molar-refractivity contribution in [3.8, 4) is 0 Å². The zero-order valence-electron chi connectivity index (χ0n) is 15.6. The molecule has 0 saturated carbocycles. The number of benzene rings is 2. The number of nitrogens with zero attached hydrogens (tertiary/aromatic N) is 4. The Morgan fingerprint density at radius 3 is 1.97 bits per heavy atom. The predicted molar refractivity (Wildman–Crippen MR) is 104 cm³/mol. The van der Waals surface area contributed by atoms with Gasteiger partial charge < -0.3 is 9.80 Å². The van der Waals surface area contributed by atoms with E-state index in [2.05, 4.69) is 0 Å². The van der Waals surface area contributed by atoms with Gasteiger partial charge in [0.2, 0.25) is 0 Å². The Bertz CT molecular complexity index is 981. The molecule has 0 radical (unpaired) electrons. The molecule has 0 aromatic heterocycles. The van der Waals surface area contributed by atoms with Gasteiger partial charge in [0.1, 0.15) is 5.69 Å². The van der Waals surface area contributed by atoms with Crippen molar-refractivity contribution in [2.45, 2.75) is 6.92 Å². The topological polar surface area (TPSA) is 127 Å². The SMILES string of the molecule is CC(=O)c1ccc(N2CCN(C(=O)c3ccc([N+](=O)[O-])cc3)CC2)c([N+](=O)[O-])c1. The highest BCUT2D eigenvalue weighted by Crippen LogP contribution is 2.30. The minimum Gasteiger partial charge on any atom is -0.362 e. The number of nitro benzene ring substituents is 2. The molecule has 1 heterocycles. The van der Waals surface area contributed by atoms with Gasteiger partial charge in [0.25, 0.3) is 17.3 Å². The summed E-state index contributed by atoms with van der Waals surface area (Å²) < 4.78 is 0. The second-order valence-electron chi connectivity index (χ2n) is 6.60. The Kier molecular flexibility index (Phi) is 5.53. The second kappa shape index (κ2) is 8.05. The molecule has 1 fully saturated rings. The molecular weight excluding hydrogens is 380 g/mol. The van der Waals surface area contributed by atoms with Gasteiger partial charge in [0.05, 0.1) is 9.85 Å². The minimum atomic E-state index is -0.530. The summed E-state index contributed by atoms with van der Waals surface area (Å²) in [7, 11) is 0. The van der Waals surface area contributed by atoms with E-state index in [1.807, 2.05) is 4.90 Å². The van der Waals surface area contributed by atoms with E-state index in [9.17, 15) is 29.8 Å². The van der Waals surface area contributed by atoms with Crippen LogP contribution in [0.5, 0.6) is 0 Å². The summed E-state index contributed by atoms with van der Waals surface area (Å²) in [6.07, 6.45) is 0. The Morgan fingerprint density at radius 2 is 1.45 bits per heavy atom. The lowest BCUT2D eigenvalue weighted by atomic mass is 10.1. The summed E-state index contributed by atoms with van der Waals surface area (Å²) >= 11 is 0. The van der Waals surface area contributed by atoms with Gasteiger partial charge in [-0.05, 0) is 31.2 Å². The van der Waals surface area contributed by atoms with Crippen molar-refractivity contribution in [1.29, 1.82) is 0 Å². The molecule has 0 bridgehead atoms. The van der Waals surface area contributed by atoms with Gasteiger partial charge >= 0.3 is 0 Å². The fraction of sp³-hybridized carbons (Fsp3) is 0.263. The number of hydrogen-bond donors (Lipinski definition) is 0. The van der Waals surface area contributed by atoms with E-state index in [4.69, 9.17) is 0 Å². The van der Waals surface area contributed by atoms with Crippen LogP contribution in [-0.4, -0.2) is 52.6 Å². The highest BCUT2D eigenvalue weighted by Gasteiger charge is 2.27. The number of carbonyl (C=O) groups excluding carboxylic acids is 2. The first-order chi connectivity index (χ1) is 13.8. The number of piperazine rings is 1. The van der Waals surface area contributed by atoms with Crippen molar-refractivity contribution in [3.05, 3.63) is 73.8 Å². The maximum absolute atomic E-state index is 12.6. The van der Waals surface area contributed by atoms with Crippen molar-refractivity contribution in [1.82, 2.24) is 4.90 Å². The standard InChI is InChI=1S/C19H18N4O6/c1-13(24)15-4-7-17(18(12-15)23(28)29)20-8-10-21(11-9-20)19(25)14-2-5-16(6-3-14)22(26)27/h2-7,12H,8-11H2,1H3. The molecule has 10 nitrogen and oxygen atoms in total. The number of non-ortho nitro benzene ring substituents is 1. The smallest absolute Gasteiger partial charge is 0.293 e. The number of anilines is 1. The average molecular weight is 398 g/mol. The fourth-order valence-electron chi connectivity index (χ4n) is 3.21. The molecule has 1 aliphatic rings. The minimum absolute atomic E-state index is 0.0901. The van der Waals surface area contributed by atoms with Crippen LogP contribution in [-0.2, 0) is 0 Å². The van der Waals surface area contributed by atoms with Crippen molar-refractivity contribution >= 4 is 28.8 Å². The normalized spacial score (nSPS) is 13.8. The first kappa shape index (κ1) is 19.9. The fourth-order valence-corrected chi connectivity index (χ4v) is 3.21. The molecule has 1 aliphatic heterocycles. The van der Waals surface area contributed by atoms with Crippen LogP contribution in [0.15, 0.2) is 42.5 Å². The molecule has 10 heteroatoms. The maximum atomic E-state index is 12.6. The summed E-state index contributed by atoms with van der Waals surface area (Å²) in [4.78, 5) is 48.6. The van der Waals surface area contributed by atoms with Gasteiger partial charge in [-0.3, -0.25) is 29.8 Å². The highest BCUT2D eigenvalue weighted by molar-refractivity contribution is 5.96. The third-order valence-electron chi connectivity index (χ3n) is 4.81. The number of carbonyl (C=O) groups is 2. The maximum Gasteiger partial charge on any atom is 0.293 e. The van der Waals surface area contributed by atoms with Crippen LogP contribution in [0.1, 0.15) is 27.6 Å². The molecular formula is C19H18N4O6. The second-order valence-corrected chi connectivity index (χ2v) is 6.60. The molecule has 0 N–H and O–H groups in total. The monoisotopic (exact) mass is 398 g/mol. The summed E-state index contributed by atoms with van der Waals surface area (Å²) in [5.41, 5.74) is 0.788. The van der Waals surface area contributed by atoms with E-state index < -0.39 is 9.85 Å². The van der Waals surface area contributed by atoms with Crippen LogP contribution < -0.4 is 4.90 Å². The largest absolute Gasteiger partial charge is 0.362 e. The van der Waals surface area contributed by atoms with Crippen LogP contribution >= 0.6 is 0 Å². The third kappa shape index (κ3) is 4.21. The lowest BCUT2D eigenvalue weighted by molar-refractivity contribution is -0.384. The zero-order valence-corrected chi connectivity index (χ0v) is 15.6. The molecule has 150 valence electrons. The van der Waals surface area contributed by atoms with Gasteiger partial charge in [-0.1, -0.05) is 0 Å². The quantitative estimate of drug-likeness (QED) is 0.430. The Balaban J connectivity index is 1.72. The molecule has 0 aliphatic carbocycles. The van der Waals surface area contributed by atoms with E-state index >= 15 is 0 Å². The molecule has 3 rings (SSSR count). The summed E-state index contributed by atoms with van der Waals surface area (Å²) in [6.45, 7) is 2.82. The first-order valence-corrected chi connectivity index (χ1v) is 8.86. The van der Waals surface area contributed by atoms with Gasteiger partial charge in [-0.15, -0.1) is 0 Å². The number of ketones is 1. The summed E-state index contributed by atoms with van der Waals surface area (Å²) in [5.74, 6) is -0.501. The molecule has 1 amide bonds. The molecule has 2 aromatic carbocycles. The summed E-state index contributed by atoms with van der Waals surface area (Å²) in [5, 5.41) is 22.2. The van der Waals surface area contributed by atoms with Crippen molar-refractivity contribution in [2.75, 3.05) is 31.1 Å². The van der Waals surface area contributed by atoms with E-state index in [-0.39, 0.29) is 28.6 Å². The molecule has 0 spiro atoms. The van der Waals surface area contributed by atoms with Crippen molar-refractivity contribution in [3.63, 3.8) is 0 Å². The Hall–Kier alpha value is -3.82. The number of rotatable bonds is 5. The van der Waals surface area contributed by atoms with Crippen LogP contribution in [0, 0.1) is 20.2 Å². The van der Waals surface area contributed by atoms with Gasteiger partial charge in [0, 0.05) is 55.5 Å². The molecule has 0 unspecified atom stereocenters. The molecule has 29 heavy (non-hydrogen) atoms.